The number of amides is 12. The maximum atomic E-state index is 14.2. The molecular formula is C66H92N14O16. The lowest BCUT2D eigenvalue weighted by molar-refractivity contribution is 0.0914. The predicted molar refractivity (Wildman–Crippen MR) is 357 cm³/mol. The highest BCUT2D eigenvalue weighted by Crippen LogP contribution is 2.22. The molecule has 0 aliphatic rings. The Morgan fingerprint density at radius 3 is 0.594 bits per heavy atom. The van der Waals surface area contributed by atoms with E-state index in [4.69, 9.17) is 18.9 Å². The molecule has 12 amide bonds. The Hall–Kier alpha value is -9.72. The molecular weight excluding hydrogens is 1240 g/mol. The van der Waals surface area contributed by atoms with Crippen molar-refractivity contribution in [2.75, 3.05) is 175 Å². The second-order valence-electron chi connectivity index (χ2n) is 21.8. The number of hydrogen-bond acceptors (Lipinski definition) is 18. The summed E-state index contributed by atoms with van der Waals surface area (Å²) in [6.07, 6.45) is 0. The quantitative estimate of drug-likeness (QED) is 0.0250. The summed E-state index contributed by atoms with van der Waals surface area (Å²) in [7, 11) is 11.6. The summed E-state index contributed by atoms with van der Waals surface area (Å²) in [5, 5.41) is 32.6. The van der Waals surface area contributed by atoms with Crippen LogP contribution in [0, 0.1) is 27.7 Å². The van der Waals surface area contributed by atoms with Crippen LogP contribution in [0.2, 0.25) is 0 Å². The van der Waals surface area contributed by atoms with Gasteiger partial charge >= 0.3 is 0 Å². The molecule has 0 saturated heterocycles. The molecule has 0 aliphatic carbocycles. The van der Waals surface area contributed by atoms with Crippen LogP contribution in [0.25, 0.3) is 0 Å². The summed E-state index contributed by atoms with van der Waals surface area (Å²) in [6.45, 7) is 8.65. The minimum absolute atomic E-state index is 0.0194. The molecule has 4 aromatic rings. The van der Waals surface area contributed by atoms with Crippen molar-refractivity contribution in [3.8, 4) is 0 Å². The second-order valence-corrected chi connectivity index (χ2v) is 21.8. The van der Waals surface area contributed by atoms with Crippen LogP contribution in [0.5, 0.6) is 0 Å². The summed E-state index contributed by atoms with van der Waals surface area (Å²) in [4.78, 5) is 166. The van der Waals surface area contributed by atoms with Crippen LogP contribution in [0.15, 0.2) is 48.5 Å². The molecule has 0 atom stereocenters. The maximum absolute atomic E-state index is 14.2. The minimum Gasteiger partial charge on any atom is -0.383 e. The topological polar surface area (TPSA) is 393 Å². The number of carbonyl (C=O) groups excluding carboxylic acids is 12. The van der Waals surface area contributed by atoms with E-state index in [0.717, 1.165) is 0 Å². The van der Waals surface area contributed by atoms with Crippen LogP contribution in [0.1, 0.15) is 147 Å². The zero-order valence-electron chi connectivity index (χ0n) is 56.8. The van der Waals surface area contributed by atoms with E-state index in [-0.39, 0.29) is 185 Å². The first-order valence-electron chi connectivity index (χ1n) is 31.1. The van der Waals surface area contributed by atoms with Gasteiger partial charge in [-0.25, -0.2) is 0 Å². The average molecular weight is 1340 g/mol. The molecule has 0 bridgehead atoms. The van der Waals surface area contributed by atoms with Gasteiger partial charge in [0.05, 0.1) is 26.4 Å². The van der Waals surface area contributed by atoms with Crippen LogP contribution >= 0.6 is 0 Å². The van der Waals surface area contributed by atoms with Crippen molar-refractivity contribution < 1.29 is 76.5 Å². The molecule has 0 saturated carbocycles. The normalized spacial score (nSPS) is 10.9. The predicted octanol–water partition coefficient (Wildman–Crippen LogP) is -0.513. The van der Waals surface area contributed by atoms with Gasteiger partial charge in [0.25, 0.3) is 70.9 Å². The zero-order chi connectivity index (χ0) is 71.0. The number of ether oxygens (including phenoxy) is 4. The number of rotatable bonds is 39. The number of benzene rings is 4. The molecule has 96 heavy (non-hydrogen) atoms. The van der Waals surface area contributed by atoms with E-state index >= 15 is 0 Å². The highest BCUT2D eigenvalue weighted by molar-refractivity contribution is 6.10. The van der Waals surface area contributed by atoms with Crippen molar-refractivity contribution in [2.24, 2.45) is 0 Å². The Bertz CT molecular complexity index is 3030. The summed E-state index contributed by atoms with van der Waals surface area (Å²) in [6, 6.07) is 11.1. The average Bonchev–Trinajstić information content (AvgIpc) is 0.836. The molecule has 0 aliphatic heterocycles. The van der Waals surface area contributed by atoms with Crippen molar-refractivity contribution >= 4 is 70.9 Å². The fourth-order valence-corrected chi connectivity index (χ4v) is 9.93. The zero-order valence-corrected chi connectivity index (χ0v) is 56.8. The maximum Gasteiger partial charge on any atom is 0.251 e. The Morgan fingerprint density at radius 2 is 0.427 bits per heavy atom. The van der Waals surface area contributed by atoms with E-state index in [1.807, 2.05) is 9.80 Å². The van der Waals surface area contributed by atoms with E-state index in [0.29, 0.717) is 22.3 Å². The van der Waals surface area contributed by atoms with Crippen molar-refractivity contribution in [2.45, 2.75) is 27.7 Å². The molecule has 4 aromatic carbocycles. The standard InChI is InChI=1S/C66H92N14O16/c1-39-47(59(85)67-5)31-43(55(81)75-17-27-93-9)35-51(39)63(89)71-13-21-79(22-14-72-64(90)52-36-44(56(82)76-18-28-94-10)32-48(40(52)2)60(86)68-6)25-26-80(23-15-73-65(91)53-37-45(57(83)77-19-29-95-11)33-49(41(53)3)61(87)69-7)24-16-74-66(92)54-38-46(58(84)78-20-30-96-12)34-50(42(54)4)62(88)70-8/h31-38H,13-30H2,1-12H3,(H,67,85)(H,68,86)(H,69,87)(H,70,88)(H,71,89)(H,72,90)(H,73,91)(H,74,92)(H,75,81)(H,76,82)(H,77,83)(H,78,84). The molecule has 522 valence electrons. The third kappa shape index (κ3) is 23.0. The highest BCUT2D eigenvalue weighted by atomic mass is 16.5. The van der Waals surface area contributed by atoms with Crippen molar-refractivity contribution in [1.82, 2.24) is 73.6 Å². The first kappa shape index (κ1) is 78.7. The minimum atomic E-state index is -0.607. The van der Waals surface area contributed by atoms with Crippen LogP contribution in [-0.4, -0.2) is 255 Å². The fraction of sp³-hybridized carbons (Fsp3) is 0.455. The van der Waals surface area contributed by atoms with Gasteiger partial charge in [0.15, 0.2) is 0 Å². The van der Waals surface area contributed by atoms with E-state index in [9.17, 15) is 57.5 Å². The summed E-state index contributed by atoms with van der Waals surface area (Å²) in [5.74, 6) is -6.73. The molecule has 0 fully saturated rings. The third-order valence-electron chi connectivity index (χ3n) is 15.5. The molecule has 0 aromatic heterocycles. The monoisotopic (exact) mass is 1340 g/mol. The van der Waals surface area contributed by atoms with Gasteiger partial charge in [0, 0.05) is 215 Å². The van der Waals surface area contributed by atoms with Gasteiger partial charge < -0.3 is 82.7 Å². The van der Waals surface area contributed by atoms with Gasteiger partial charge in [0.2, 0.25) is 0 Å². The smallest absolute Gasteiger partial charge is 0.251 e. The van der Waals surface area contributed by atoms with Crippen LogP contribution in [0.3, 0.4) is 0 Å². The Morgan fingerprint density at radius 1 is 0.260 bits per heavy atom. The van der Waals surface area contributed by atoms with Crippen LogP contribution in [0.4, 0.5) is 0 Å². The number of methoxy groups -OCH3 is 4. The van der Waals surface area contributed by atoms with E-state index in [1.54, 1.807) is 27.7 Å². The number of nitrogens with zero attached hydrogens (tertiary/aromatic N) is 2. The lowest BCUT2D eigenvalue weighted by Crippen LogP contribution is -2.46. The Balaban J connectivity index is 1.75. The van der Waals surface area contributed by atoms with Gasteiger partial charge in [0.1, 0.15) is 0 Å². The first-order valence-corrected chi connectivity index (χ1v) is 31.1. The van der Waals surface area contributed by atoms with Gasteiger partial charge in [-0.05, 0) is 98.5 Å². The van der Waals surface area contributed by atoms with E-state index in [2.05, 4.69) is 63.8 Å². The Labute approximate surface area is 558 Å². The molecule has 12 N–H and O–H groups in total. The highest BCUT2D eigenvalue weighted by Gasteiger charge is 2.26. The number of hydrogen-bond donors (Lipinski definition) is 12. The lowest BCUT2D eigenvalue weighted by atomic mass is 9.97. The van der Waals surface area contributed by atoms with Gasteiger partial charge in [-0.2, -0.15) is 0 Å². The van der Waals surface area contributed by atoms with Crippen LogP contribution < -0.4 is 63.8 Å². The summed E-state index contributed by atoms with van der Waals surface area (Å²) >= 11 is 0. The van der Waals surface area contributed by atoms with Gasteiger partial charge in [-0.3, -0.25) is 67.3 Å². The number of nitrogens with one attached hydrogen (secondary N) is 12. The molecule has 30 nitrogen and oxygen atoms in total. The summed E-state index contributed by atoms with van der Waals surface area (Å²) in [5.41, 5.74) is 2.02. The molecule has 4 rings (SSSR count). The van der Waals surface area contributed by atoms with Crippen molar-refractivity contribution in [3.05, 3.63) is 138 Å². The largest absolute Gasteiger partial charge is 0.383 e. The lowest BCUT2D eigenvalue weighted by Gasteiger charge is -2.28. The Kier molecular flexibility index (Phi) is 33.2. The fourth-order valence-electron chi connectivity index (χ4n) is 9.93. The second kappa shape index (κ2) is 40.5. The summed E-state index contributed by atoms with van der Waals surface area (Å²) < 4.78 is 20.3. The molecule has 0 radical (unpaired) electrons. The van der Waals surface area contributed by atoms with Crippen molar-refractivity contribution in [1.29, 1.82) is 0 Å². The molecule has 0 spiro atoms. The molecule has 0 heterocycles. The third-order valence-corrected chi connectivity index (χ3v) is 15.5. The molecule has 0 unspecified atom stereocenters. The number of carbonyl (C=O) groups is 12. The first-order chi connectivity index (χ1) is 45.9. The van der Waals surface area contributed by atoms with Crippen molar-refractivity contribution in [3.63, 3.8) is 0 Å². The van der Waals surface area contributed by atoms with Gasteiger partial charge in [-0.15, -0.1) is 0 Å². The van der Waals surface area contributed by atoms with Crippen LogP contribution in [-0.2, 0) is 18.9 Å². The van der Waals surface area contributed by atoms with Gasteiger partial charge in [-0.1, -0.05) is 0 Å². The molecule has 30 heteroatoms. The van der Waals surface area contributed by atoms with E-state index in [1.165, 1.54) is 105 Å². The van der Waals surface area contributed by atoms with E-state index < -0.39 is 70.9 Å². The SMILES string of the molecule is CNC(=O)c1cc(C(=O)NCCOC)cc(C(=O)NCCN(CCNC(=O)c2cc(C(=O)NCCOC)cc(C(=O)NC)c2C)CCN(CCNC(=O)c2cc(C(=O)NCCOC)cc(C(=O)NC)c2C)CCNC(=O)c2cc(C(=O)NCCOC)cc(C(=O)NC)c2C)c1C.